The fraction of sp³-hybridized carbons (Fsp3) is 0.167. The van der Waals surface area contributed by atoms with Gasteiger partial charge in [0.2, 0.25) is 5.91 Å². The van der Waals surface area contributed by atoms with Gasteiger partial charge in [-0.2, -0.15) is 5.10 Å². The van der Waals surface area contributed by atoms with Crippen LogP contribution in [0.15, 0.2) is 42.7 Å². The van der Waals surface area contributed by atoms with Gasteiger partial charge in [0.05, 0.1) is 24.8 Å². The molecule has 0 fully saturated rings. The number of hydrogen-bond acceptors (Lipinski definition) is 4. The lowest BCUT2D eigenvalue weighted by Crippen LogP contribution is -2.16. The molecule has 1 amide bonds. The first-order valence-electron chi connectivity index (χ1n) is 7.95. The third kappa shape index (κ3) is 3.31. The van der Waals surface area contributed by atoms with Crippen molar-refractivity contribution in [2.24, 2.45) is 0 Å². The Bertz CT molecular complexity index is 962. The molecule has 6 nitrogen and oxygen atoms in total. The summed E-state index contributed by atoms with van der Waals surface area (Å²) in [6, 6.07) is 9.89. The van der Waals surface area contributed by atoms with Gasteiger partial charge in [0.15, 0.2) is 5.82 Å². The smallest absolute Gasteiger partial charge is 0.227 e. The Morgan fingerprint density at radius 3 is 3.00 bits per heavy atom. The molecule has 0 saturated carbocycles. The first-order valence-corrected chi connectivity index (χ1v) is 8.33. The van der Waals surface area contributed by atoms with Crippen LogP contribution in [0.1, 0.15) is 23.7 Å². The lowest BCUT2D eigenvalue weighted by molar-refractivity contribution is -0.118. The van der Waals surface area contributed by atoms with E-state index in [0.29, 0.717) is 23.0 Å². The molecule has 1 aromatic heterocycles. The molecule has 0 spiro atoms. The van der Waals surface area contributed by atoms with Crippen LogP contribution in [0.2, 0.25) is 5.02 Å². The molecule has 3 aromatic rings. The van der Waals surface area contributed by atoms with E-state index >= 15 is 0 Å². The highest BCUT2D eigenvalue weighted by molar-refractivity contribution is 6.30. The molecule has 132 valence electrons. The lowest BCUT2D eigenvalue weighted by Gasteiger charge is -2.12. The fourth-order valence-electron chi connectivity index (χ4n) is 2.94. The molecule has 1 aliphatic rings. The van der Waals surface area contributed by atoms with Crippen molar-refractivity contribution in [2.45, 2.75) is 19.1 Å². The van der Waals surface area contributed by atoms with Gasteiger partial charge in [-0.15, -0.1) is 0 Å². The molecule has 4 rings (SSSR count). The van der Waals surface area contributed by atoms with Crippen LogP contribution in [0.4, 0.5) is 10.1 Å². The molecular weight excluding hydrogens is 359 g/mol. The largest absolute Gasteiger partial charge is 0.368 e. The Labute approximate surface area is 153 Å². The highest BCUT2D eigenvalue weighted by Crippen LogP contribution is 2.34. The minimum atomic E-state index is -0.549. The van der Waals surface area contributed by atoms with Crippen molar-refractivity contribution in [3.8, 4) is 11.4 Å². The summed E-state index contributed by atoms with van der Waals surface area (Å²) in [4.78, 5) is 16.3. The minimum absolute atomic E-state index is 0.0952. The molecule has 2 N–H and O–H groups in total. The zero-order chi connectivity index (χ0) is 18.1. The van der Waals surface area contributed by atoms with Crippen molar-refractivity contribution >= 4 is 23.2 Å². The monoisotopic (exact) mass is 372 g/mol. The van der Waals surface area contributed by atoms with Crippen LogP contribution in [0.25, 0.3) is 11.4 Å². The van der Waals surface area contributed by atoms with Crippen molar-refractivity contribution in [2.75, 3.05) is 5.32 Å². The van der Waals surface area contributed by atoms with Gasteiger partial charge in [-0.05, 0) is 41.5 Å². The van der Waals surface area contributed by atoms with Crippen molar-refractivity contribution in [1.29, 1.82) is 0 Å². The molecule has 8 heteroatoms. The van der Waals surface area contributed by atoms with Gasteiger partial charge in [-0.3, -0.25) is 9.89 Å². The summed E-state index contributed by atoms with van der Waals surface area (Å²) < 4.78 is 19.9. The van der Waals surface area contributed by atoms with Crippen molar-refractivity contribution in [3.05, 3.63) is 64.7 Å². The molecule has 0 aliphatic carbocycles. The van der Waals surface area contributed by atoms with Gasteiger partial charge in [0, 0.05) is 10.6 Å². The van der Waals surface area contributed by atoms with Crippen LogP contribution >= 0.6 is 11.6 Å². The Morgan fingerprint density at radius 1 is 1.35 bits per heavy atom. The predicted molar refractivity (Wildman–Crippen MR) is 94.0 cm³/mol. The molecule has 26 heavy (non-hydrogen) atoms. The number of carbonyl (C=O) groups is 1. The Morgan fingerprint density at radius 2 is 2.23 bits per heavy atom. The molecule has 0 radical (unpaired) electrons. The standard InChI is InChI=1S/C18H14ClFN4O2/c19-12-2-3-13-11(5-12)8-26-16(13)7-17(25)23-15-4-1-10(6-14(15)20)18-21-9-22-24-18/h1-6,9,16H,7-8H2,(H,23,25)(H,21,22,24). The number of aromatic amines is 1. The number of H-pyrrole nitrogens is 1. The van der Waals surface area contributed by atoms with Crippen LogP contribution in [-0.4, -0.2) is 21.1 Å². The topological polar surface area (TPSA) is 79.9 Å². The van der Waals surface area contributed by atoms with Crippen LogP contribution < -0.4 is 5.32 Å². The van der Waals surface area contributed by atoms with Gasteiger partial charge in [-0.1, -0.05) is 17.7 Å². The maximum Gasteiger partial charge on any atom is 0.227 e. The van der Waals surface area contributed by atoms with Crippen LogP contribution in [0.5, 0.6) is 0 Å². The maximum atomic E-state index is 14.3. The number of nitrogens with zero attached hydrogens (tertiary/aromatic N) is 2. The zero-order valence-corrected chi connectivity index (χ0v) is 14.3. The van der Waals surface area contributed by atoms with E-state index in [-0.39, 0.29) is 24.1 Å². The van der Waals surface area contributed by atoms with E-state index in [1.807, 2.05) is 12.1 Å². The number of halogens is 2. The molecule has 2 heterocycles. The van der Waals surface area contributed by atoms with Crippen LogP contribution in [0, 0.1) is 5.82 Å². The van der Waals surface area contributed by atoms with Crippen LogP contribution in [-0.2, 0) is 16.1 Å². The number of anilines is 1. The quantitative estimate of drug-likeness (QED) is 0.728. The highest BCUT2D eigenvalue weighted by atomic mass is 35.5. The van der Waals surface area contributed by atoms with Gasteiger partial charge in [0.1, 0.15) is 12.1 Å². The number of benzene rings is 2. The molecule has 0 saturated heterocycles. The van der Waals surface area contributed by atoms with E-state index in [4.69, 9.17) is 16.3 Å². The maximum absolute atomic E-state index is 14.3. The summed E-state index contributed by atoms with van der Waals surface area (Å²) in [5.41, 5.74) is 2.55. The van der Waals surface area contributed by atoms with Crippen molar-refractivity contribution in [3.63, 3.8) is 0 Å². The molecule has 1 aliphatic heterocycles. The second-order valence-electron chi connectivity index (χ2n) is 5.92. The number of amides is 1. The van der Waals surface area contributed by atoms with E-state index in [1.165, 1.54) is 18.5 Å². The predicted octanol–water partition coefficient (Wildman–Crippen LogP) is 3.86. The zero-order valence-electron chi connectivity index (χ0n) is 13.5. The highest BCUT2D eigenvalue weighted by Gasteiger charge is 2.26. The van der Waals surface area contributed by atoms with E-state index < -0.39 is 5.82 Å². The Kier molecular flexibility index (Phi) is 4.40. The minimum Gasteiger partial charge on any atom is -0.368 e. The summed E-state index contributed by atoms with van der Waals surface area (Å²) in [6.45, 7) is 0.411. The van der Waals surface area contributed by atoms with Gasteiger partial charge >= 0.3 is 0 Å². The molecule has 0 bridgehead atoms. The summed E-state index contributed by atoms with van der Waals surface area (Å²) in [5, 5.41) is 9.61. The fourth-order valence-corrected chi connectivity index (χ4v) is 3.14. The normalized spacial score (nSPS) is 15.7. The summed E-state index contributed by atoms with van der Waals surface area (Å²) in [6.07, 6.45) is 1.08. The SMILES string of the molecule is O=C(CC1OCc2cc(Cl)ccc21)Nc1ccc(-c2ncn[nH]2)cc1F. The van der Waals surface area contributed by atoms with Gasteiger partial charge in [-0.25, -0.2) is 9.37 Å². The van der Waals surface area contributed by atoms with E-state index in [1.54, 1.807) is 12.1 Å². The second-order valence-corrected chi connectivity index (χ2v) is 6.36. The molecule has 2 aromatic carbocycles. The van der Waals surface area contributed by atoms with Crippen molar-refractivity contribution in [1.82, 2.24) is 15.2 Å². The first-order chi connectivity index (χ1) is 12.6. The molecular formula is C18H14ClFN4O2. The van der Waals surface area contributed by atoms with Crippen LogP contribution in [0.3, 0.4) is 0 Å². The average molecular weight is 373 g/mol. The van der Waals surface area contributed by atoms with E-state index in [2.05, 4.69) is 20.5 Å². The summed E-state index contributed by atoms with van der Waals surface area (Å²) >= 11 is 5.96. The summed E-state index contributed by atoms with van der Waals surface area (Å²) in [7, 11) is 0. The number of ether oxygens (including phenoxy) is 1. The number of rotatable bonds is 4. The Hall–Kier alpha value is -2.77. The number of carbonyl (C=O) groups excluding carboxylic acids is 1. The first kappa shape index (κ1) is 16.7. The van der Waals surface area contributed by atoms with Gasteiger partial charge in [0.25, 0.3) is 0 Å². The number of nitrogens with one attached hydrogen (secondary N) is 2. The van der Waals surface area contributed by atoms with E-state index in [9.17, 15) is 9.18 Å². The Balaban J connectivity index is 1.45. The molecule has 1 unspecified atom stereocenters. The second kappa shape index (κ2) is 6.86. The number of fused-ring (bicyclic) bond motifs is 1. The summed E-state index contributed by atoms with van der Waals surface area (Å²) in [5.74, 6) is -0.424. The lowest BCUT2D eigenvalue weighted by atomic mass is 10.0. The number of hydrogen-bond donors (Lipinski definition) is 2. The molecule has 1 atom stereocenters. The van der Waals surface area contributed by atoms with Gasteiger partial charge < -0.3 is 10.1 Å². The van der Waals surface area contributed by atoms with E-state index in [0.717, 1.165) is 11.1 Å². The number of aromatic nitrogens is 3. The van der Waals surface area contributed by atoms with Crippen molar-refractivity contribution < 1.29 is 13.9 Å². The average Bonchev–Trinajstić information content (AvgIpc) is 3.27. The third-order valence-corrected chi connectivity index (χ3v) is 4.43. The third-order valence-electron chi connectivity index (χ3n) is 4.19.